The Kier molecular flexibility index (Phi) is 39.8. The number of nitrogens with two attached hydrogens (primary N) is 5. The molecule has 0 aromatic carbocycles. The molecule has 0 saturated carbocycles. The summed E-state index contributed by atoms with van der Waals surface area (Å²) in [7, 11) is 2.36. The normalized spacial score (nSPS) is 12.7. The predicted octanol–water partition coefficient (Wildman–Crippen LogP) is -1.32. The lowest BCUT2D eigenvalue weighted by molar-refractivity contribution is -0.128. The highest BCUT2D eigenvalue weighted by atomic mass is 31.2. The molecule has 444 valence electrons. The molecule has 0 bridgehead atoms. The largest absolute Gasteiger partial charge is 0.474 e. The number of hydrogen-bond acceptors (Lipinski definition) is 24. The van der Waals surface area contributed by atoms with E-state index in [1.165, 1.54) is 31.6 Å². The average molecular weight is 1120 g/mol. The molecule has 1 heterocycles. The lowest BCUT2D eigenvalue weighted by Crippen LogP contribution is -2.50. The Morgan fingerprint density at radius 1 is 0.597 bits per heavy atom. The van der Waals surface area contributed by atoms with Gasteiger partial charge in [0.2, 0.25) is 29.5 Å². The highest BCUT2D eigenvalue weighted by Gasteiger charge is 2.34. The summed E-state index contributed by atoms with van der Waals surface area (Å²) in [5, 5.41) is 24.4. The first-order valence-electron chi connectivity index (χ1n) is 25.6. The third-order valence-electron chi connectivity index (χ3n) is 10.7. The molecule has 0 fully saturated rings. The van der Waals surface area contributed by atoms with Crippen LogP contribution in [0.15, 0.2) is 30.0 Å². The van der Waals surface area contributed by atoms with Crippen LogP contribution in [0.3, 0.4) is 0 Å². The number of rotatable bonds is 50. The number of amides is 5. The van der Waals surface area contributed by atoms with Crippen LogP contribution in [0.5, 0.6) is 0 Å². The molecule has 0 saturated heterocycles. The Morgan fingerprint density at radius 2 is 1.05 bits per heavy atom. The maximum atomic E-state index is 13.8. The van der Waals surface area contributed by atoms with Crippen molar-refractivity contribution in [3.05, 3.63) is 35.7 Å². The van der Waals surface area contributed by atoms with Gasteiger partial charge in [-0.15, -0.1) is 5.10 Å². The standard InChI is InChI=1S/C46H90N15O15P/c1-59(49)32-38(47)35-73-29-26-70-23-19-53-42(63)12-15-46(16-13-43(64)54-20-24-71-27-30-74-36-39(48)33-61(50)51,17-14-44(65)55-21-25-72-28-31-75-37-40-34-60(2)58-57-40)56-45(66)11-9-10-41(62)52-18-7-5-6-8-22-76-77(67,68-3)69-4/h32-34H,5-31,35-37,47-51H2,1-4H3,(H,52,62)(H,53,63)(H,54,64)(H,55,65)(H,56,66)/b38-32-,39-33-. The van der Waals surface area contributed by atoms with E-state index in [2.05, 4.69) is 36.9 Å². The number of carbonyl (C=O) groups is 5. The molecule has 0 aliphatic carbocycles. The number of nitrogens with one attached hydrogen (secondary N) is 5. The maximum absolute atomic E-state index is 13.8. The topological polar surface area (TPSA) is 413 Å². The van der Waals surface area contributed by atoms with Crippen LogP contribution in [-0.2, 0) is 84.2 Å². The van der Waals surface area contributed by atoms with Crippen LogP contribution in [-0.4, -0.2) is 187 Å². The van der Waals surface area contributed by atoms with Crippen molar-refractivity contribution >= 4 is 37.4 Å². The summed E-state index contributed by atoms with van der Waals surface area (Å²) >= 11 is 0. The van der Waals surface area contributed by atoms with Crippen LogP contribution >= 0.6 is 7.82 Å². The van der Waals surface area contributed by atoms with Gasteiger partial charge in [-0.2, -0.15) is 0 Å². The molecule has 30 nitrogen and oxygen atoms in total. The van der Waals surface area contributed by atoms with E-state index in [1.807, 2.05) is 0 Å². The van der Waals surface area contributed by atoms with Crippen molar-refractivity contribution in [3.63, 3.8) is 0 Å². The van der Waals surface area contributed by atoms with Crippen molar-refractivity contribution in [2.75, 3.05) is 127 Å². The molecule has 1 aromatic rings. The monoisotopic (exact) mass is 1120 g/mol. The molecular formula is C46H90N15O15P. The Balaban J connectivity index is 2.94. The van der Waals surface area contributed by atoms with Gasteiger partial charge in [0.1, 0.15) is 5.69 Å². The number of aromatic nitrogens is 3. The summed E-state index contributed by atoms with van der Waals surface area (Å²) in [6.45, 7) is 3.85. The molecule has 1 atom stereocenters. The minimum atomic E-state index is -3.52. The molecule has 0 aliphatic heterocycles. The quantitative estimate of drug-likeness (QED) is 0.0156. The van der Waals surface area contributed by atoms with Gasteiger partial charge in [0, 0.05) is 98.3 Å². The SMILES string of the molecule is COP(=O)(OC)OCCCCCCNC(=O)CCCC(=O)NC(CCC(=O)NCCOCCOC/C(N)=C/N(C)N)(CCC(=O)NCCOCCOC/C(N)=C/N(N)N)CCC(=O)NCCOCCOCc1cn(C)nn1. The molecule has 0 spiro atoms. The highest BCUT2D eigenvalue weighted by Crippen LogP contribution is 2.47. The molecule has 31 heteroatoms. The van der Waals surface area contributed by atoms with Crippen LogP contribution in [0, 0.1) is 0 Å². The van der Waals surface area contributed by atoms with Crippen molar-refractivity contribution in [3.8, 4) is 0 Å². The van der Waals surface area contributed by atoms with Crippen molar-refractivity contribution in [1.29, 1.82) is 0 Å². The van der Waals surface area contributed by atoms with Crippen molar-refractivity contribution in [2.45, 2.75) is 95.6 Å². The molecule has 1 unspecified atom stereocenters. The van der Waals surface area contributed by atoms with Gasteiger partial charge in [0.25, 0.3) is 0 Å². The van der Waals surface area contributed by atoms with Crippen LogP contribution in [0.1, 0.15) is 89.2 Å². The average Bonchev–Trinajstić information content (AvgIpc) is 3.81. The fourth-order valence-electron chi connectivity index (χ4n) is 6.90. The maximum Gasteiger partial charge on any atom is 0.474 e. The number of phosphoric acid groups is 1. The number of phosphoric ester groups is 1. The summed E-state index contributed by atoms with van der Waals surface area (Å²) in [4.78, 5) is 66.3. The van der Waals surface area contributed by atoms with Gasteiger partial charge in [0.05, 0.1) is 110 Å². The van der Waals surface area contributed by atoms with E-state index in [9.17, 15) is 28.5 Å². The summed E-state index contributed by atoms with van der Waals surface area (Å²) in [5.74, 6) is 14.5. The first kappa shape index (κ1) is 69.9. The minimum absolute atomic E-state index is 0.0389. The van der Waals surface area contributed by atoms with Crippen LogP contribution in [0.25, 0.3) is 0 Å². The van der Waals surface area contributed by atoms with Gasteiger partial charge in [-0.3, -0.25) is 47.3 Å². The second-order valence-corrected chi connectivity index (χ2v) is 19.4. The molecule has 77 heavy (non-hydrogen) atoms. The first-order valence-corrected chi connectivity index (χ1v) is 27.1. The van der Waals surface area contributed by atoms with Crippen LogP contribution in [0.2, 0.25) is 0 Å². The molecule has 1 aromatic heterocycles. The van der Waals surface area contributed by atoms with E-state index >= 15 is 0 Å². The summed E-state index contributed by atoms with van der Waals surface area (Å²) in [5.41, 5.74) is 11.8. The summed E-state index contributed by atoms with van der Waals surface area (Å²) in [6, 6.07) is 0. The molecule has 0 radical (unpaired) electrons. The predicted molar refractivity (Wildman–Crippen MR) is 282 cm³/mol. The second-order valence-electron chi connectivity index (χ2n) is 17.5. The van der Waals surface area contributed by atoms with Gasteiger partial charge in [0.15, 0.2) is 0 Å². The van der Waals surface area contributed by atoms with E-state index in [0.717, 1.165) is 18.0 Å². The Bertz CT molecular complexity index is 1830. The number of carbonyl (C=O) groups excluding carboxylic acids is 5. The van der Waals surface area contributed by atoms with E-state index in [0.29, 0.717) is 43.1 Å². The van der Waals surface area contributed by atoms with Gasteiger partial charge in [-0.05, 0) is 38.5 Å². The summed E-state index contributed by atoms with van der Waals surface area (Å²) in [6.07, 6.45) is 7.76. The van der Waals surface area contributed by atoms with Gasteiger partial charge in [-0.1, -0.05) is 18.1 Å². The Hall–Kier alpha value is -5.08. The van der Waals surface area contributed by atoms with Crippen LogP contribution in [0.4, 0.5) is 0 Å². The Morgan fingerprint density at radius 3 is 1.53 bits per heavy atom. The second kappa shape index (κ2) is 43.9. The number of unbranched alkanes of at least 4 members (excludes halogenated alkanes) is 3. The zero-order valence-electron chi connectivity index (χ0n) is 45.6. The number of nitrogens with zero attached hydrogens (tertiary/aromatic N) is 5. The Labute approximate surface area is 452 Å². The van der Waals surface area contributed by atoms with E-state index < -0.39 is 19.3 Å². The fourth-order valence-corrected chi connectivity index (χ4v) is 7.61. The van der Waals surface area contributed by atoms with E-state index in [4.69, 9.17) is 71.0 Å². The zero-order chi connectivity index (χ0) is 57.0. The number of aryl methyl sites for hydroxylation is 1. The number of hydrogen-bond donors (Lipinski definition) is 10. The smallest absolute Gasteiger partial charge is 0.399 e. The first-order chi connectivity index (χ1) is 36.9. The minimum Gasteiger partial charge on any atom is -0.399 e. The van der Waals surface area contributed by atoms with E-state index in [-0.39, 0.29) is 180 Å². The van der Waals surface area contributed by atoms with Crippen molar-refractivity contribution in [1.82, 2.24) is 51.7 Å². The number of hydrazine groups is 3. The lowest BCUT2D eigenvalue weighted by atomic mass is 9.82. The van der Waals surface area contributed by atoms with Crippen molar-refractivity contribution < 1.29 is 70.5 Å². The molecule has 5 amide bonds. The third kappa shape index (κ3) is 39.9. The number of ether oxygens (including phenoxy) is 6. The zero-order valence-corrected chi connectivity index (χ0v) is 46.5. The molecule has 0 aliphatic rings. The lowest BCUT2D eigenvalue weighted by Gasteiger charge is -2.35. The molecule has 15 N–H and O–H groups in total. The third-order valence-corrected chi connectivity index (χ3v) is 12.1. The van der Waals surface area contributed by atoms with E-state index in [1.54, 1.807) is 25.0 Å². The highest BCUT2D eigenvalue weighted by molar-refractivity contribution is 7.48. The van der Waals surface area contributed by atoms with Gasteiger partial charge < -0.3 is 71.5 Å². The van der Waals surface area contributed by atoms with Crippen molar-refractivity contribution in [2.24, 2.45) is 36.0 Å². The fraction of sp³-hybridized carbons (Fsp3) is 0.761. The molecule has 1 rings (SSSR count). The van der Waals surface area contributed by atoms with Gasteiger partial charge >= 0.3 is 7.82 Å². The molecular weight excluding hydrogens is 1030 g/mol. The van der Waals surface area contributed by atoms with Crippen LogP contribution < -0.4 is 55.6 Å². The van der Waals surface area contributed by atoms with Gasteiger partial charge in [-0.25, -0.2) is 22.1 Å². The summed E-state index contributed by atoms with van der Waals surface area (Å²) < 4.78 is 61.4.